The summed E-state index contributed by atoms with van der Waals surface area (Å²) in [6, 6.07) is 8.77. The first kappa shape index (κ1) is 14.5. The molecule has 0 unspecified atom stereocenters. The summed E-state index contributed by atoms with van der Waals surface area (Å²) in [7, 11) is -1.99. The molecule has 0 saturated heterocycles. The zero-order chi connectivity index (χ0) is 14.0. The van der Waals surface area contributed by atoms with Crippen molar-refractivity contribution in [3.8, 4) is 0 Å². The van der Waals surface area contributed by atoms with Gasteiger partial charge < -0.3 is 0 Å². The number of hydrogen-bond donors (Lipinski definition) is 0. The van der Waals surface area contributed by atoms with Crippen molar-refractivity contribution in [2.75, 3.05) is 7.05 Å². The van der Waals surface area contributed by atoms with E-state index in [9.17, 15) is 8.42 Å². The number of sulfonamides is 1. The van der Waals surface area contributed by atoms with Crippen molar-refractivity contribution in [1.82, 2.24) is 4.31 Å². The van der Waals surface area contributed by atoms with Gasteiger partial charge in [-0.15, -0.1) is 11.3 Å². The molecule has 0 aliphatic carbocycles. The maximum Gasteiger partial charge on any atom is 0.244 e. The molecule has 2 rings (SSSR count). The number of aryl methyl sites for hydroxylation is 1. The predicted octanol–water partition coefficient (Wildman–Crippen LogP) is 3.53. The van der Waals surface area contributed by atoms with Gasteiger partial charge in [0, 0.05) is 18.5 Å². The number of nitrogens with zero attached hydrogens (tertiary/aromatic N) is 1. The first-order chi connectivity index (χ1) is 8.91. The maximum absolute atomic E-state index is 12.4. The minimum Gasteiger partial charge on any atom is -0.207 e. The molecule has 0 saturated carbocycles. The second kappa shape index (κ2) is 5.63. The third-order valence-corrected chi connectivity index (χ3v) is 5.88. The molecule has 102 valence electrons. The molecule has 19 heavy (non-hydrogen) atoms. The Bertz CT molecular complexity index is 666. The third-order valence-electron chi connectivity index (χ3n) is 2.73. The second-order valence-corrected chi connectivity index (χ2v) is 7.73. The van der Waals surface area contributed by atoms with Crippen LogP contribution in [-0.2, 0) is 16.6 Å². The lowest BCUT2D eigenvalue weighted by molar-refractivity contribution is 0.469. The van der Waals surface area contributed by atoms with Gasteiger partial charge in [-0.05, 0) is 36.1 Å². The Morgan fingerprint density at radius 1 is 1.32 bits per heavy atom. The smallest absolute Gasteiger partial charge is 0.207 e. The molecule has 0 bridgehead atoms. The van der Waals surface area contributed by atoms with Crippen LogP contribution in [0.3, 0.4) is 0 Å². The van der Waals surface area contributed by atoms with Gasteiger partial charge in [0.15, 0.2) is 0 Å². The fraction of sp³-hybridized carbons (Fsp3) is 0.231. The van der Waals surface area contributed by atoms with Crippen LogP contribution in [0.5, 0.6) is 0 Å². The molecule has 1 aromatic heterocycles. The highest BCUT2D eigenvalue weighted by Crippen LogP contribution is 2.26. The van der Waals surface area contributed by atoms with Crippen molar-refractivity contribution in [2.24, 2.45) is 0 Å². The summed E-state index contributed by atoms with van der Waals surface area (Å²) in [6.45, 7) is 2.22. The van der Waals surface area contributed by atoms with E-state index in [1.54, 1.807) is 25.2 Å². The van der Waals surface area contributed by atoms with Crippen molar-refractivity contribution in [3.63, 3.8) is 0 Å². The Morgan fingerprint density at radius 3 is 2.63 bits per heavy atom. The van der Waals surface area contributed by atoms with E-state index < -0.39 is 10.0 Å². The normalized spacial score (nSPS) is 12.0. The zero-order valence-corrected chi connectivity index (χ0v) is 13.0. The number of benzene rings is 1. The minimum atomic E-state index is -3.55. The van der Waals surface area contributed by atoms with Crippen molar-refractivity contribution < 1.29 is 8.42 Å². The highest BCUT2D eigenvalue weighted by molar-refractivity contribution is 7.89. The molecule has 0 radical (unpaired) electrons. The van der Waals surface area contributed by atoms with Gasteiger partial charge in [0.1, 0.15) is 4.90 Å². The van der Waals surface area contributed by atoms with Crippen LogP contribution < -0.4 is 0 Å². The molecule has 0 N–H and O–H groups in total. The van der Waals surface area contributed by atoms with Crippen molar-refractivity contribution in [3.05, 3.63) is 51.2 Å². The molecule has 2 aromatic rings. The lowest BCUT2D eigenvalue weighted by Crippen LogP contribution is -2.26. The molecule has 0 aliphatic heterocycles. The molecular formula is C13H14ClNO2S2. The fourth-order valence-corrected chi connectivity index (χ4v) is 4.25. The largest absolute Gasteiger partial charge is 0.244 e. The third kappa shape index (κ3) is 3.17. The fourth-order valence-electron chi connectivity index (χ4n) is 1.69. The van der Waals surface area contributed by atoms with E-state index in [0.717, 1.165) is 10.4 Å². The van der Waals surface area contributed by atoms with Crippen LogP contribution in [0.1, 0.15) is 10.4 Å². The summed E-state index contributed by atoms with van der Waals surface area (Å²) in [5, 5.41) is 2.19. The van der Waals surface area contributed by atoms with Gasteiger partial charge in [0.2, 0.25) is 10.0 Å². The van der Waals surface area contributed by atoms with Gasteiger partial charge in [0.05, 0.1) is 5.02 Å². The van der Waals surface area contributed by atoms with Crippen LogP contribution in [0.15, 0.2) is 40.6 Å². The molecule has 0 amide bonds. The van der Waals surface area contributed by atoms with E-state index in [2.05, 4.69) is 0 Å². The van der Waals surface area contributed by atoms with Crippen molar-refractivity contribution >= 4 is 33.0 Å². The van der Waals surface area contributed by atoms with E-state index in [1.165, 1.54) is 15.6 Å². The highest BCUT2D eigenvalue weighted by Gasteiger charge is 2.23. The zero-order valence-electron chi connectivity index (χ0n) is 10.6. The molecule has 1 aromatic carbocycles. The van der Waals surface area contributed by atoms with Crippen LogP contribution >= 0.6 is 22.9 Å². The molecule has 6 heteroatoms. The standard InChI is InChI=1S/C13H14ClNO2S2/c1-10-5-6-13(12(14)8-10)19(16,17)15(2)9-11-4-3-7-18-11/h3-8H,9H2,1-2H3. The van der Waals surface area contributed by atoms with Crippen LogP contribution in [0.4, 0.5) is 0 Å². The molecular weight excluding hydrogens is 302 g/mol. The van der Waals surface area contributed by atoms with Crippen LogP contribution in [-0.4, -0.2) is 19.8 Å². The Hall–Kier alpha value is -0.880. The van der Waals surface area contributed by atoms with Crippen molar-refractivity contribution in [2.45, 2.75) is 18.4 Å². The van der Waals surface area contributed by atoms with E-state index in [1.807, 2.05) is 24.4 Å². The van der Waals surface area contributed by atoms with Gasteiger partial charge in [-0.3, -0.25) is 0 Å². The number of halogens is 1. The monoisotopic (exact) mass is 315 g/mol. The second-order valence-electron chi connectivity index (χ2n) is 4.27. The highest BCUT2D eigenvalue weighted by atomic mass is 35.5. The Balaban J connectivity index is 2.31. The Morgan fingerprint density at radius 2 is 2.05 bits per heavy atom. The Labute approximate surface area is 122 Å². The van der Waals surface area contributed by atoms with E-state index in [-0.39, 0.29) is 9.92 Å². The van der Waals surface area contributed by atoms with Crippen LogP contribution in [0, 0.1) is 6.92 Å². The summed E-state index contributed by atoms with van der Waals surface area (Å²) in [5.41, 5.74) is 0.935. The SMILES string of the molecule is Cc1ccc(S(=O)(=O)N(C)Cc2cccs2)c(Cl)c1. The van der Waals surface area contributed by atoms with Crippen LogP contribution in [0.2, 0.25) is 5.02 Å². The molecule has 0 atom stereocenters. The van der Waals surface area contributed by atoms with Gasteiger partial charge in [-0.2, -0.15) is 4.31 Å². The molecule has 3 nitrogen and oxygen atoms in total. The van der Waals surface area contributed by atoms with Gasteiger partial charge in [-0.25, -0.2) is 8.42 Å². The average Bonchev–Trinajstić information content (AvgIpc) is 2.81. The predicted molar refractivity (Wildman–Crippen MR) is 79.2 cm³/mol. The van der Waals surface area contributed by atoms with E-state index >= 15 is 0 Å². The molecule has 0 fully saturated rings. The average molecular weight is 316 g/mol. The van der Waals surface area contributed by atoms with Gasteiger partial charge >= 0.3 is 0 Å². The van der Waals surface area contributed by atoms with Crippen molar-refractivity contribution in [1.29, 1.82) is 0 Å². The molecule has 0 spiro atoms. The summed E-state index contributed by atoms with van der Waals surface area (Å²) in [5.74, 6) is 0. The minimum absolute atomic E-state index is 0.152. The first-order valence-corrected chi connectivity index (χ1v) is 8.36. The lowest BCUT2D eigenvalue weighted by atomic mass is 10.2. The summed E-state index contributed by atoms with van der Waals surface area (Å²) in [4.78, 5) is 1.15. The first-order valence-electron chi connectivity index (χ1n) is 5.66. The topological polar surface area (TPSA) is 37.4 Å². The number of thiophene rings is 1. The Kier molecular flexibility index (Phi) is 4.30. The summed E-state index contributed by atoms with van der Waals surface area (Å²) in [6.07, 6.45) is 0. The van der Waals surface area contributed by atoms with E-state index in [0.29, 0.717) is 6.54 Å². The molecule has 0 aliphatic rings. The summed E-state index contributed by atoms with van der Waals surface area (Å²) < 4.78 is 26.2. The summed E-state index contributed by atoms with van der Waals surface area (Å²) >= 11 is 7.57. The number of rotatable bonds is 4. The van der Waals surface area contributed by atoms with E-state index in [4.69, 9.17) is 11.6 Å². The van der Waals surface area contributed by atoms with Crippen LogP contribution in [0.25, 0.3) is 0 Å². The maximum atomic E-state index is 12.4. The van der Waals surface area contributed by atoms with Gasteiger partial charge in [-0.1, -0.05) is 23.7 Å². The lowest BCUT2D eigenvalue weighted by Gasteiger charge is -2.17. The quantitative estimate of drug-likeness (QED) is 0.865. The molecule has 1 heterocycles. The van der Waals surface area contributed by atoms with Gasteiger partial charge in [0.25, 0.3) is 0 Å². The number of hydrogen-bond acceptors (Lipinski definition) is 3.